The van der Waals surface area contributed by atoms with Gasteiger partial charge < -0.3 is 15.4 Å². The zero-order valence-corrected chi connectivity index (χ0v) is 20.9. The standard InChI is InChI=1S/C26H27Cl3N2O3/c27-16-4-1-3-15(6-7-16)23-19(18-9-8-17(28)13-21(18)29)10-11-26(20(23)14-30-25(26)33)31-24(32)22-5-2-12-34-22/h3,6-8,13,16,18-20,22-23H,2,5,9-12,14H2,(H,30,33)(H,31,32)/t16?,18?,19-,20-,22?,23-,26-/m0/s1. The predicted molar refractivity (Wildman–Crippen MR) is 133 cm³/mol. The van der Waals surface area contributed by atoms with Crippen molar-refractivity contribution in [1.82, 2.24) is 10.6 Å². The molecule has 0 bridgehead atoms. The van der Waals surface area contributed by atoms with Crippen LogP contribution in [0, 0.1) is 35.5 Å². The summed E-state index contributed by atoms with van der Waals surface area (Å²) in [6.07, 6.45) is 12.6. The molecule has 0 radical (unpaired) electrons. The van der Waals surface area contributed by atoms with Crippen LogP contribution in [0.1, 0.15) is 32.1 Å². The Hall–Kier alpha value is -1.71. The average molecular weight is 522 g/mol. The maximum Gasteiger partial charge on any atom is 0.249 e. The molecule has 2 N–H and O–H groups in total. The van der Waals surface area contributed by atoms with Crippen LogP contribution >= 0.6 is 34.8 Å². The first-order chi connectivity index (χ1) is 16.4. The van der Waals surface area contributed by atoms with Gasteiger partial charge in [0.05, 0.1) is 0 Å². The number of ether oxygens (including phenoxy) is 1. The van der Waals surface area contributed by atoms with Crippen LogP contribution in [0.2, 0.25) is 0 Å². The fourth-order valence-electron chi connectivity index (χ4n) is 6.27. The van der Waals surface area contributed by atoms with Gasteiger partial charge in [0.25, 0.3) is 0 Å². The summed E-state index contributed by atoms with van der Waals surface area (Å²) in [5.74, 6) is 5.76. The lowest BCUT2D eigenvalue weighted by Gasteiger charge is -2.49. The topological polar surface area (TPSA) is 67.4 Å². The molecule has 34 heavy (non-hydrogen) atoms. The van der Waals surface area contributed by atoms with Gasteiger partial charge in [-0.2, -0.15) is 0 Å². The Bertz CT molecular complexity index is 1060. The minimum Gasteiger partial charge on any atom is -0.368 e. The monoisotopic (exact) mass is 520 g/mol. The van der Waals surface area contributed by atoms with Crippen LogP contribution < -0.4 is 10.6 Å². The lowest BCUT2D eigenvalue weighted by Crippen LogP contribution is -2.63. The van der Waals surface area contributed by atoms with Crippen LogP contribution in [-0.2, 0) is 14.3 Å². The zero-order chi connectivity index (χ0) is 23.9. The van der Waals surface area contributed by atoms with Gasteiger partial charge in [-0.25, -0.2) is 0 Å². The third-order valence-corrected chi connectivity index (χ3v) is 8.78. The molecule has 180 valence electrons. The quantitative estimate of drug-likeness (QED) is 0.431. The van der Waals surface area contributed by atoms with Crippen molar-refractivity contribution in [2.45, 2.75) is 49.1 Å². The number of halogens is 3. The van der Waals surface area contributed by atoms with Gasteiger partial charge in [-0.15, -0.1) is 11.6 Å². The van der Waals surface area contributed by atoms with E-state index in [2.05, 4.69) is 22.5 Å². The highest BCUT2D eigenvalue weighted by atomic mass is 35.5. The molecule has 2 amide bonds. The van der Waals surface area contributed by atoms with Crippen molar-refractivity contribution in [2.75, 3.05) is 13.2 Å². The Labute approximate surface area is 215 Å². The highest BCUT2D eigenvalue weighted by Crippen LogP contribution is 2.53. The molecule has 7 atom stereocenters. The van der Waals surface area contributed by atoms with Crippen LogP contribution in [0.25, 0.3) is 0 Å². The number of amides is 2. The summed E-state index contributed by atoms with van der Waals surface area (Å²) < 4.78 is 5.61. The number of carbonyl (C=O) groups excluding carboxylic acids is 2. The lowest BCUT2D eigenvalue weighted by molar-refractivity contribution is -0.140. The summed E-state index contributed by atoms with van der Waals surface area (Å²) >= 11 is 19.2. The fraction of sp³-hybridized carbons (Fsp3) is 0.538. The fourth-order valence-corrected chi connectivity index (χ4v) is 7.03. The highest BCUT2D eigenvalue weighted by molar-refractivity contribution is 6.35. The van der Waals surface area contributed by atoms with E-state index in [1.807, 2.05) is 30.4 Å². The number of hydrogen-bond acceptors (Lipinski definition) is 3. The van der Waals surface area contributed by atoms with Crippen LogP contribution in [0.3, 0.4) is 0 Å². The van der Waals surface area contributed by atoms with E-state index in [4.69, 9.17) is 39.5 Å². The Morgan fingerprint density at radius 3 is 2.91 bits per heavy atom. The SMILES string of the molecule is O=C(N[C@@]12CC[C@@H](C3CC=C(Cl)C=C3Cl)[C@H](C3=CC#CC(Cl)C=C3)[C@@H]1CNC2=O)C1CCCO1. The Morgan fingerprint density at radius 1 is 1.29 bits per heavy atom. The van der Waals surface area contributed by atoms with Gasteiger partial charge in [-0.3, -0.25) is 9.59 Å². The first-order valence-corrected chi connectivity index (χ1v) is 13.1. The molecule has 5 rings (SSSR count). The van der Waals surface area contributed by atoms with E-state index < -0.39 is 11.6 Å². The molecule has 8 heteroatoms. The van der Waals surface area contributed by atoms with Gasteiger partial charge in [0.1, 0.15) is 17.0 Å². The van der Waals surface area contributed by atoms with Gasteiger partial charge in [0.2, 0.25) is 11.8 Å². The molecule has 0 spiro atoms. The maximum absolute atomic E-state index is 13.3. The van der Waals surface area contributed by atoms with Crippen molar-refractivity contribution in [1.29, 1.82) is 0 Å². The summed E-state index contributed by atoms with van der Waals surface area (Å²) in [4.78, 5) is 26.4. The Kier molecular flexibility index (Phi) is 6.88. The molecular weight excluding hydrogens is 495 g/mol. The molecule has 3 aliphatic carbocycles. The molecule has 2 heterocycles. The smallest absolute Gasteiger partial charge is 0.249 e. The van der Waals surface area contributed by atoms with Gasteiger partial charge in [0.15, 0.2) is 0 Å². The molecular formula is C26H27Cl3N2O3. The Balaban J connectivity index is 1.52. The molecule has 1 saturated carbocycles. The summed E-state index contributed by atoms with van der Waals surface area (Å²) in [5.41, 5.74) is 0.0276. The minimum atomic E-state index is -0.989. The van der Waals surface area contributed by atoms with Gasteiger partial charge >= 0.3 is 0 Å². The molecule has 5 nitrogen and oxygen atoms in total. The molecule has 2 aliphatic heterocycles. The van der Waals surface area contributed by atoms with Crippen LogP contribution in [0.15, 0.2) is 46.0 Å². The third kappa shape index (κ3) is 4.35. The van der Waals surface area contributed by atoms with E-state index >= 15 is 0 Å². The van der Waals surface area contributed by atoms with E-state index in [1.165, 1.54) is 0 Å². The number of hydrogen-bond donors (Lipinski definition) is 2. The number of allylic oxidation sites excluding steroid dienone is 8. The Morgan fingerprint density at radius 2 is 2.15 bits per heavy atom. The number of nitrogens with one attached hydrogen (secondary N) is 2. The van der Waals surface area contributed by atoms with Crippen molar-refractivity contribution >= 4 is 46.6 Å². The van der Waals surface area contributed by atoms with E-state index in [-0.39, 0.29) is 40.9 Å². The molecule has 3 unspecified atom stereocenters. The maximum atomic E-state index is 13.3. The summed E-state index contributed by atoms with van der Waals surface area (Å²) in [6.45, 7) is 1.04. The third-order valence-electron chi connectivity index (χ3n) is 7.87. The van der Waals surface area contributed by atoms with Gasteiger partial charge in [-0.05, 0) is 61.7 Å². The number of carbonyl (C=O) groups is 2. The van der Waals surface area contributed by atoms with Crippen molar-refractivity contribution < 1.29 is 14.3 Å². The van der Waals surface area contributed by atoms with Crippen LogP contribution in [-0.4, -0.2) is 42.0 Å². The van der Waals surface area contributed by atoms with Gasteiger partial charge in [-0.1, -0.05) is 53.3 Å². The second-order valence-electron chi connectivity index (χ2n) is 9.66. The molecule has 3 fully saturated rings. The normalized spacial score (nSPS) is 39.0. The first-order valence-electron chi connectivity index (χ1n) is 11.9. The van der Waals surface area contributed by atoms with Crippen molar-refractivity contribution in [3.05, 3.63) is 46.0 Å². The molecule has 0 aromatic carbocycles. The number of fused-ring (bicyclic) bond motifs is 1. The largest absolute Gasteiger partial charge is 0.368 e. The molecule has 2 saturated heterocycles. The predicted octanol–water partition coefficient (Wildman–Crippen LogP) is 4.16. The van der Waals surface area contributed by atoms with Crippen LogP contribution in [0.5, 0.6) is 0 Å². The summed E-state index contributed by atoms with van der Waals surface area (Å²) in [5, 5.41) is 7.20. The van der Waals surface area contributed by atoms with E-state index in [0.29, 0.717) is 31.0 Å². The second-order valence-corrected chi connectivity index (χ2v) is 11.0. The van der Waals surface area contributed by atoms with Crippen LogP contribution in [0.4, 0.5) is 0 Å². The van der Waals surface area contributed by atoms with E-state index in [9.17, 15) is 9.59 Å². The lowest BCUT2D eigenvalue weighted by atomic mass is 9.57. The minimum absolute atomic E-state index is 0.0533. The van der Waals surface area contributed by atoms with Gasteiger partial charge in [0, 0.05) is 35.1 Å². The molecule has 0 aromatic heterocycles. The summed E-state index contributed by atoms with van der Waals surface area (Å²) in [7, 11) is 0. The van der Waals surface area contributed by atoms with E-state index in [1.54, 1.807) is 0 Å². The molecule has 5 aliphatic rings. The van der Waals surface area contributed by atoms with Crippen molar-refractivity contribution in [3.63, 3.8) is 0 Å². The highest BCUT2D eigenvalue weighted by Gasteiger charge is 2.60. The molecule has 0 aromatic rings. The zero-order valence-electron chi connectivity index (χ0n) is 18.7. The van der Waals surface area contributed by atoms with Crippen molar-refractivity contribution in [3.8, 4) is 11.8 Å². The number of alkyl halides is 1. The number of rotatable bonds is 4. The van der Waals surface area contributed by atoms with Crippen molar-refractivity contribution in [2.24, 2.45) is 23.7 Å². The van der Waals surface area contributed by atoms with E-state index in [0.717, 1.165) is 29.9 Å². The second kappa shape index (κ2) is 9.74. The average Bonchev–Trinajstić information content (AvgIpc) is 3.39. The summed E-state index contributed by atoms with van der Waals surface area (Å²) in [6, 6.07) is 0. The first kappa shape index (κ1) is 24.0.